The summed E-state index contributed by atoms with van der Waals surface area (Å²) in [4.78, 5) is 12.7. The first-order valence-electron chi connectivity index (χ1n) is 8.00. The Kier molecular flexibility index (Phi) is 6.98. The molecule has 0 heterocycles. The maximum absolute atomic E-state index is 12.7. The number of amides is 1. The molecule has 0 aliphatic rings. The molecule has 1 amide bonds. The summed E-state index contributed by atoms with van der Waals surface area (Å²) < 4.78 is 0.773. The number of hydrogen-bond acceptors (Lipinski definition) is 1. The van der Waals surface area contributed by atoms with Gasteiger partial charge in [0.15, 0.2) is 0 Å². The smallest absolute Gasteiger partial charge is 0.232 e. The van der Waals surface area contributed by atoms with E-state index in [1.807, 2.05) is 60.7 Å². The Morgan fingerprint density at radius 1 is 0.958 bits per heavy atom. The third-order valence-electron chi connectivity index (χ3n) is 4.88. The van der Waals surface area contributed by atoms with Crippen molar-refractivity contribution in [2.45, 2.75) is 24.8 Å². The first-order chi connectivity index (χ1) is 10.8. The van der Waals surface area contributed by atoms with Gasteiger partial charge in [0, 0.05) is 6.42 Å². The molecule has 0 spiro atoms. The van der Waals surface area contributed by atoms with Crippen LogP contribution in [0.15, 0.2) is 60.7 Å². The second-order valence-electron chi connectivity index (χ2n) is 7.17. The molecule has 3 nitrogen and oxygen atoms in total. The van der Waals surface area contributed by atoms with Gasteiger partial charge < -0.3 is 34.2 Å². The van der Waals surface area contributed by atoms with Crippen molar-refractivity contribution in [3.63, 3.8) is 0 Å². The Labute approximate surface area is 162 Å². The summed E-state index contributed by atoms with van der Waals surface area (Å²) in [6.07, 6.45) is 0.667. The molecule has 0 radical (unpaired) electrons. The highest BCUT2D eigenvalue weighted by atomic mass is 127. The molecule has 1 unspecified atom stereocenters. The van der Waals surface area contributed by atoms with Crippen LogP contribution in [0.2, 0.25) is 0 Å². The molecular formula is C20H27IN2O. The van der Waals surface area contributed by atoms with E-state index in [0.29, 0.717) is 6.42 Å². The molecule has 0 saturated heterocycles. The standard InChI is InChI=1S/C20H26N2O.HI/c1-16(22(2,3)4)15-20(19(21)23,17-11-7-5-8-12-17)18-13-9-6-10-14-18;/h5-14,16H,15H2,1-4H3,(H-,21,23);1H. The van der Waals surface area contributed by atoms with Crippen molar-refractivity contribution < 1.29 is 33.3 Å². The Morgan fingerprint density at radius 2 is 1.33 bits per heavy atom. The van der Waals surface area contributed by atoms with Crippen molar-refractivity contribution in [2.75, 3.05) is 21.1 Å². The van der Waals surface area contributed by atoms with Gasteiger partial charge in [0.05, 0.1) is 27.2 Å². The minimum atomic E-state index is -0.812. The predicted molar refractivity (Wildman–Crippen MR) is 95.0 cm³/mol. The lowest BCUT2D eigenvalue weighted by Crippen LogP contribution is -3.00. The van der Waals surface area contributed by atoms with Crippen molar-refractivity contribution in [3.8, 4) is 0 Å². The number of primary amides is 1. The molecule has 4 heteroatoms. The lowest BCUT2D eigenvalue weighted by Gasteiger charge is -2.39. The van der Waals surface area contributed by atoms with E-state index < -0.39 is 5.41 Å². The summed E-state index contributed by atoms with van der Waals surface area (Å²) >= 11 is 0. The highest BCUT2D eigenvalue weighted by Gasteiger charge is 2.44. The molecule has 0 bridgehead atoms. The van der Waals surface area contributed by atoms with Crippen LogP contribution < -0.4 is 29.7 Å². The number of hydrogen-bond donors (Lipinski definition) is 1. The normalized spacial score (nSPS) is 13.0. The third-order valence-corrected chi connectivity index (χ3v) is 4.88. The molecule has 24 heavy (non-hydrogen) atoms. The van der Waals surface area contributed by atoms with Crippen molar-refractivity contribution in [1.29, 1.82) is 0 Å². The average Bonchev–Trinajstić information content (AvgIpc) is 2.52. The fourth-order valence-corrected chi connectivity index (χ4v) is 2.95. The van der Waals surface area contributed by atoms with Crippen molar-refractivity contribution in [1.82, 2.24) is 0 Å². The maximum atomic E-state index is 12.7. The minimum Gasteiger partial charge on any atom is -1.00 e. The highest BCUT2D eigenvalue weighted by Crippen LogP contribution is 2.38. The number of rotatable bonds is 6. The lowest BCUT2D eigenvalue weighted by molar-refractivity contribution is -0.894. The number of carbonyl (C=O) groups is 1. The second-order valence-corrected chi connectivity index (χ2v) is 7.17. The van der Waals surface area contributed by atoms with Crippen LogP contribution in [0.3, 0.4) is 0 Å². The molecule has 2 rings (SSSR count). The van der Waals surface area contributed by atoms with E-state index in [1.54, 1.807) is 0 Å². The van der Waals surface area contributed by atoms with Gasteiger partial charge in [-0.3, -0.25) is 4.79 Å². The summed E-state index contributed by atoms with van der Waals surface area (Å²) in [5.74, 6) is -0.296. The number of nitrogens with two attached hydrogens (primary N) is 1. The Balaban J connectivity index is 0.00000288. The van der Waals surface area contributed by atoms with Crippen LogP contribution in [-0.2, 0) is 10.2 Å². The van der Waals surface area contributed by atoms with Crippen LogP contribution in [0.25, 0.3) is 0 Å². The van der Waals surface area contributed by atoms with Gasteiger partial charge in [-0.25, -0.2) is 0 Å². The van der Waals surface area contributed by atoms with Gasteiger partial charge in [-0.15, -0.1) is 0 Å². The maximum Gasteiger partial charge on any atom is 0.232 e. The monoisotopic (exact) mass is 438 g/mol. The topological polar surface area (TPSA) is 43.1 Å². The molecule has 130 valence electrons. The summed E-state index contributed by atoms with van der Waals surface area (Å²) in [6.45, 7) is 2.17. The number of benzene rings is 2. The molecule has 1 atom stereocenters. The Morgan fingerprint density at radius 3 is 1.62 bits per heavy atom. The zero-order valence-corrected chi connectivity index (χ0v) is 17.0. The minimum absolute atomic E-state index is 0. The average molecular weight is 438 g/mol. The van der Waals surface area contributed by atoms with E-state index in [-0.39, 0.29) is 35.9 Å². The van der Waals surface area contributed by atoms with E-state index in [4.69, 9.17) is 5.73 Å². The van der Waals surface area contributed by atoms with E-state index in [2.05, 4.69) is 28.1 Å². The highest BCUT2D eigenvalue weighted by molar-refractivity contribution is 5.90. The second kappa shape index (κ2) is 8.12. The molecule has 0 aliphatic carbocycles. The molecule has 2 N–H and O–H groups in total. The van der Waals surface area contributed by atoms with E-state index >= 15 is 0 Å². The van der Waals surface area contributed by atoms with Gasteiger partial charge in [0.25, 0.3) is 0 Å². The first-order valence-corrected chi connectivity index (χ1v) is 8.00. The molecule has 0 saturated carbocycles. The fourth-order valence-electron chi connectivity index (χ4n) is 2.95. The Bertz CT molecular complexity index is 611. The molecule has 0 fully saturated rings. The zero-order valence-electron chi connectivity index (χ0n) is 14.9. The third kappa shape index (κ3) is 4.16. The van der Waals surface area contributed by atoms with Gasteiger partial charge in [0.2, 0.25) is 5.91 Å². The van der Waals surface area contributed by atoms with Crippen LogP contribution in [0.4, 0.5) is 0 Å². The van der Waals surface area contributed by atoms with Gasteiger partial charge in [-0.2, -0.15) is 0 Å². The van der Waals surface area contributed by atoms with Crippen molar-refractivity contribution in [3.05, 3.63) is 71.8 Å². The van der Waals surface area contributed by atoms with Gasteiger partial charge >= 0.3 is 0 Å². The fraction of sp³-hybridized carbons (Fsp3) is 0.350. The number of halogens is 1. The predicted octanol–water partition coefficient (Wildman–Crippen LogP) is -0.0532. The van der Waals surface area contributed by atoms with Gasteiger partial charge in [-0.1, -0.05) is 60.7 Å². The first kappa shape index (κ1) is 20.6. The van der Waals surface area contributed by atoms with Crippen LogP contribution in [-0.4, -0.2) is 37.6 Å². The molecule has 2 aromatic rings. The molecular weight excluding hydrogens is 411 g/mol. The van der Waals surface area contributed by atoms with Crippen LogP contribution >= 0.6 is 0 Å². The number of nitrogens with zero attached hydrogens (tertiary/aromatic N) is 1. The quantitative estimate of drug-likeness (QED) is 0.499. The zero-order chi connectivity index (χ0) is 17.1. The SMILES string of the molecule is CC(CC(C(N)=O)(c1ccccc1)c1ccccc1)[N+](C)(C)C.[I-]. The molecule has 0 aliphatic heterocycles. The van der Waals surface area contributed by atoms with E-state index in [9.17, 15) is 4.79 Å². The largest absolute Gasteiger partial charge is 1.00 e. The van der Waals surface area contributed by atoms with Gasteiger partial charge in [0.1, 0.15) is 5.41 Å². The van der Waals surface area contributed by atoms with Gasteiger partial charge in [-0.05, 0) is 18.1 Å². The van der Waals surface area contributed by atoms with Crippen molar-refractivity contribution in [2.24, 2.45) is 5.73 Å². The molecule has 2 aromatic carbocycles. The number of carbonyl (C=O) groups excluding carboxylic acids is 1. The molecule has 0 aromatic heterocycles. The lowest BCUT2D eigenvalue weighted by atomic mass is 9.69. The Hall–Kier alpha value is -1.40. The van der Waals surface area contributed by atoms with Crippen LogP contribution in [0, 0.1) is 0 Å². The summed E-state index contributed by atoms with van der Waals surface area (Å²) in [5.41, 5.74) is 7.08. The number of quaternary nitrogens is 1. The van der Waals surface area contributed by atoms with E-state index in [1.165, 1.54) is 0 Å². The summed E-state index contributed by atoms with van der Waals surface area (Å²) in [7, 11) is 6.44. The van der Waals surface area contributed by atoms with Crippen LogP contribution in [0.1, 0.15) is 24.5 Å². The summed E-state index contributed by atoms with van der Waals surface area (Å²) in [6, 6.07) is 20.1. The van der Waals surface area contributed by atoms with Crippen molar-refractivity contribution >= 4 is 5.91 Å². The van der Waals surface area contributed by atoms with Crippen LogP contribution in [0.5, 0.6) is 0 Å². The summed E-state index contributed by atoms with van der Waals surface area (Å²) in [5, 5.41) is 0. The van der Waals surface area contributed by atoms with E-state index in [0.717, 1.165) is 15.6 Å².